The van der Waals surface area contributed by atoms with Gasteiger partial charge < -0.3 is 4.74 Å². The van der Waals surface area contributed by atoms with Crippen LogP contribution in [0.5, 0.6) is 11.5 Å². The molecule has 4 rings (SSSR count). The van der Waals surface area contributed by atoms with Crippen molar-refractivity contribution >= 4 is 57.9 Å². The van der Waals surface area contributed by atoms with Crippen LogP contribution in [0.3, 0.4) is 0 Å². The normalized spacial score (nSPS) is 14.9. The summed E-state index contributed by atoms with van der Waals surface area (Å²) >= 11 is 13.0. The predicted octanol–water partition coefficient (Wildman–Crippen LogP) is 7.95. The number of hydrogen-bond donors (Lipinski definition) is 0. The number of halogens is 5. The van der Waals surface area contributed by atoms with E-state index in [0.717, 1.165) is 11.0 Å². The molecule has 1 fully saturated rings. The summed E-state index contributed by atoms with van der Waals surface area (Å²) in [4.78, 5) is 37.0. The van der Waals surface area contributed by atoms with Crippen LogP contribution in [0.2, 0.25) is 10.0 Å². The molecule has 3 aromatic rings. The van der Waals surface area contributed by atoms with E-state index in [1.807, 2.05) is 0 Å². The zero-order chi connectivity index (χ0) is 26.9. The third kappa shape index (κ3) is 5.74. The van der Waals surface area contributed by atoms with Gasteiger partial charge in [-0.2, -0.15) is 13.2 Å². The summed E-state index contributed by atoms with van der Waals surface area (Å²) in [5.41, 5.74) is -1.43. The van der Waals surface area contributed by atoms with E-state index in [1.54, 1.807) is 24.3 Å². The smallest absolute Gasteiger partial charge is 0.416 e. The number of rotatable bonds is 6. The summed E-state index contributed by atoms with van der Waals surface area (Å²) < 4.78 is 44.6. The number of hydrogen-bond acceptors (Lipinski definition) is 6. The Kier molecular flexibility index (Phi) is 7.49. The molecule has 1 aliphatic rings. The Bertz CT molecular complexity index is 1440. The molecular formula is C24H13Cl2F3N2O5S. The number of nitrogens with zero attached hydrogens (tertiary/aromatic N) is 2. The monoisotopic (exact) mass is 568 g/mol. The van der Waals surface area contributed by atoms with Gasteiger partial charge in [0.15, 0.2) is 0 Å². The van der Waals surface area contributed by atoms with Crippen molar-refractivity contribution in [1.82, 2.24) is 4.90 Å². The number of benzene rings is 3. The summed E-state index contributed by atoms with van der Waals surface area (Å²) in [6.07, 6.45) is -3.43. The Morgan fingerprint density at radius 1 is 1.00 bits per heavy atom. The second kappa shape index (κ2) is 10.4. The van der Waals surface area contributed by atoms with Crippen molar-refractivity contribution in [3.63, 3.8) is 0 Å². The number of nitro benzene ring substituents is 1. The molecule has 1 aliphatic heterocycles. The highest BCUT2D eigenvalue weighted by Crippen LogP contribution is 2.40. The Labute approximate surface area is 221 Å². The van der Waals surface area contributed by atoms with Crippen LogP contribution >= 0.6 is 35.0 Å². The Morgan fingerprint density at radius 2 is 1.68 bits per heavy atom. The summed E-state index contributed by atoms with van der Waals surface area (Å²) in [5, 5.41) is 11.4. The van der Waals surface area contributed by atoms with Gasteiger partial charge >= 0.3 is 11.9 Å². The predicted molar refractivity (Wildman–Crippen MR) is 133 cm³/mol. The average molecular weight is 569 g/mol. The SMILES string of the molecule is O=C1S/C(=C\c2ccccc2Oc2ccc(C(F)(F)F)cc2[N+](=O)[O-])C(=O)N1Cc1c(Cl)cccc1Cl. The summed E-state index contributed by atoms with van der Waals surface area (Å²) in [5.74, 6) is -1.03. The molecule has 0 atom stereocenters. The molecule has 7 nitrogen and oxygen atoms in total. The van der Waals surface area contributed by atoms with E-state index in [9.17, 15) is 32.9 Å². The minimum atomic E-state index is -4.78. The quantitative estimate of drug-likeness (QED) is 0.170. The molecule has 3 aromatic carbocycles. The van der Waals surface area contributed by atoms with Gasteiger partial charge in [0.1, 0.15) is 5.75 Å². The fourth-order valence-corrected chi connectivity index (χ4v) is 4.70. The number of carbonyl (C=O) groups is 2. The molecule has 0 aliphatic carbocycles. The Morgan fingerprint density at radius 3 is 2.32 bits per heavy atom. The van der Waals surface area contributed by atoms with Gasteiger partial charge in [0, 0.05) is 27.2 Å². The van der Waals surface area contributed by atoms with Gasteiger partial charge in [-0.1, -0.05) is 47.5 Å². The van der Waals surface area contributed by atoms with Crippen LogP contribution in [0.1, 0.15) is 16.7 Å². The molecule has 2 amide bonds. The van der Waals surface area contributed by atoms with Gasteiger partial charge in [-0.15, -0.1) is 0 Å². The van der Waals surface area contributed by atoms with Crippen LogP contribution in [-0.2, 0) is 17.5 Å². The molecule has 13 heteroatoms. The zero-order valence-electron chi connectivity index (χ0n) is 18.3. The molecule has 0 bridgehead atoms. The van der Waals surface area contributed by atoms with E-state index in [2.05, 4.69) is 0 Å². The molecule has 0 radical (unpaired) electrons. The third-order valence-corrected chi connectivity index (χ3v) is 6.78. The number of para-hydroxylation sites is 1. The van der Waals surface area contributed by atoms with E-state index in [0.29, 0.717) is 29.5 Å². The number of alkyl halides is 3. The number of imide groups is 1. The summed E-state index contributed by atoms with van der Waals surface area (Å²) in [7, 11) is 0. The highest BCUT2D eigenvalue weighted by Gasteiger charge is 2.36. The van der Waals surface area contributed by atoms with E-state index in [-0.39, 0.29) is 32.8 Å². The second-order valence-electron chi connectivity index (χ2n) is 7.55. The molecule has 190 valence electrons. The van der Waals surface area contributed by atoms with Gasteiger partial charge in [-0.25, -0.2) is 0 Å². The largest absolute Gasteiger partial charge is 0.449 e. The topological polar surface area (TPSA) is 89.7 Å². The molecule has 37 heavy (non-hydrogen) atoms. The molecule has 0 N–H and O–H groups in total. The minimum absolute atomic E-state index is 0.0197. The van der Waals surface area contributed by atoms with E-state index < -0.39 is 39.2 Å². The summed E-state index contributed by atoms with van der Waals surface area (Å²) in [6.45, 7) is -0.156. The molecule has 0 spiro atoms. The molecule has 1 heterocycles. The van der Waals surface area contributed by atoms with E-state index in [1.165, 1.54) is 24.3 Å². The number of thioether (sulfide) groups is 1. The van der Waals surface area contributed by atoms with Gasteiger partial charge in [-0.05, 0) is 48.2 Å². The molecule has 0 saturated carbocycles. The van der Waals surface area contributed by atoms with Gasteiger partial charge in [-0.3, -0.25) is 24.6 Å². The van der Waals surface area contributed by atoms with Gasteiger partial charge in [0.2, 0.25) is 5.75 Å². The van der Waals surface area contributed by atoms with Crippen LogP contribution in [0, 0.1) is 10.1 Å². The van der Waals surface area contributed by atoms with Crippen molar-refractivity contribution in [3.05, 3.63) is 102 Å². The first kappa shape index (κ1) is 26.5. The average Bonchev–Trinajstić information content (AvgIpc) is 3.09. The first-order chi connectivity index (χ1) is 17.5. The van der Waals surface area contributed by atoms with Gasteiger partial charge in [0.25, 0.3) is 11.1 Å². The standard InChI is InChI=1S/C24H13Cl2F3N2O5S/c25-16-5-3-6-17(26)15(16)12-30-22(32)21(37-23(30)33)10-13-4-1-2-7-19(13)36-20-9-8-14(24(27,28)29)11-18(20)31(34)35/h1-11H,12H2/b21-10-. The van der Waals surface area contributed by atoms with Crippen LogP contribution < -0.4 is 4.74 Å². The second-order valence-corrected chi connectivity index (χ2v) is 9.35. The van der Waals surface area contributed by atoms with Crippen molar-refractivity contribution in [3.8, 4) is 11.5 Å². The Balaban J connectivity index is 1.64. The molecule has 0 unspecified atom stereocenters. The lowest BCUT2D eigenvalue weighted by Crippen LogP contribution is -2.27. The minimum Gasteiger partial charge on any atom is -0.449 e. The maximum atomic E-state index is 13.0. The van der Waals surface area contributed by atoms with E-state index >= 15 is 0 Å². The van der Waals surface area contributed by atoms with Crippen LogP contribution in [-0.4, -0.2) is 21.0 Å². The van der Waals surface area contributed by atoms with Gasteiger partial charge in [0.05, 0.1) is 21.9 Å². The first-order valence-electron chi connectivity index (χ1n) is 10.3. The summed E-state index contributed by atoms with van der Waals surface area (Å²) in [6, 6.07) is 12.7. The number of nitro groups is 1. The third-order valence-electron chi connectivity index (χ3n) is 5.16. The number of carbonyl (C=O) groups excluding carboxylic acids is 2. The Hall–Kier alpha value is -3.54. The van der Waals surface area contributed by atoms with Crippen molar-refractivity contribution in [2.24, 2.45) is 0 Å². The van der Waals surface area contributed by atoms with Crippen LogP contribution in [0.15, 0.2) is 65.6 Å². The highest BCUT2D eigenvalue weighted by molar-refractivity contribution is 8.18. The lowest BCUT2D eigenvalue weighted by molar-refractivity contribution is -0.385. The van der Waals surface area contributed by atoms with Crippen molar-refractivity contribution in [2.45, 2.75) is 12.7 Å². The number of ether oxygens (including phenoxy) is 1. The number of amides is 2. The van der Waals surface area contributed by atoms with Crippen molar-refractivity contribution in [1.29, 1.82) is 0 Å². The van der Waals surface area contributed by atoms with Crippen LogP contribution in [0.25, 0.3) is 6.08 Å². The maximum Gasteiger partial charge on any atom is 0.416 e. The van der Waals surface area contributed by atoms with Crippen molar-refractivity contribution in [2.75, 3.05) is 0 Å². The lowest BCUT2D eigenvalue weighted by atomic mass is 10.1. The molecular weight excluding hydrogens is 556 g/mol. The zero-order valence-corrected chi connectivity index (χ0v) is 20.6. The first-order valence-corrected chi connectivity index (χ1v) is 11.8. The highest BCUT2D eigenvalue weighted by atomic mass is 35.5. The van der Waals surface area contributed by atoms with Crippen LogP contribution in [0.4, 0.5) is 23.7 Å². The molecule has 1 saturated heterocycles. The maximum absolute atomic E-state index is 13.0. The lowest BCUT2D eigenvalue weighted by Gasteiger charge is -2.14. The van der Waals surface area contributed by atoms with Crippen molar-refractivity contribution < 1.29 is 32.4 Å². The van der Waals surface area contributed by atoms with E-state index in [4.69, 9.17) is 27.9 Å². The fourth-order valence-electron chi connectivity index (χ4n) is 3.35. The fraction of sp³-hybridized carbons (Fsp3) is 0.0833. The molecule has 0 aromatic heterocycles.